The SMILES string of the molecule is COC(=O)CN(C)C(=O)CN(C)c1ncccn1. The van der Waals surface area contributed by atoms with Crippen molar-refractivity contribution in [1.82, 2.24) is 14.9 Å². The van der Waals surface area contributed by atoms with Crippen molar-refractivity contribution in [2.75, 3.05) is 39.2 Å². The van der Waals surface area contributed by atoms with Crippen LogP contribution in [0, 0.1) is 0 Å². The van der Waals surface area contributed by atoms with Crippen molar-refractivity contribution in [2.45, 2.75) is 0 Å². The smallest absolute Gasteiger partial charge is 0.325 e. The molecule has 0 spiro atoms. The van der Waals surface area contributed by atoms with Crippen LogP contribution in [0.25, 0.3) is 0 Å². The first-order valence-electron chi connectivity index (χ1n) is 5.33. The lowest BCUT2D eigenvalue weighted by molar-refractivity contribution is -0.145. The van der Waals surface area contributed by atoms with E-state index in [1.807, 2.05) is 0 Å². The van der Waals surface area contributed by atoms with Gasteiger partial charge in [0.1, 0.15) is 6.54 Å². The molecule has 1 aromatic heterocycles. The van der Waals surface area contributed by atoms with Crippen LogP contribution >= 0.6 is 0 Å². The van der Waals surface area contributed by atoms with Gasteiger partial charge in [0.2, 0.25) is 11.9 Å². The van der Waals surface area contributed by atoms with E-state index in [0.717, 1.165) is 0 Å². The van der Waals surface area contributed by atoms with E-state index in [-0.39, 0.29) is 19.0 Å². The van der Waals surface area contributed by atoms with Crippen molar-refractivity contribution in [3.63, 3.8) is 0 Å². The Labute approximate surface area is 105 Å². The molecule has 0 N–H and O–H groups in total. The van der Waals surface area contributed by atoms with E-state index in [4.69, 9.17) is 0 Å². The number of likely N-dealkylation sites (N-methyl/N-ethyl adjacent to an activating group) is 2. The second-order valence-electron chi connectivity index (χ2n) is 3.73. The van der Waals surface area contributed by atoms with Crippen molar-refractivity contribution in [2.24, 2.45) is 0 Å². The lowest BCUT2D eigenvalue weighted by atomic mass is 10.4. The number of nitrogens with zero attached hydrogens (tertiary/aromatic N) is 4. The van der Waals surface area contributed by atoms with Crippen molar-refractivity contribution in [3.05, 3.63) is 18.5 Å². The molecular weight excluding hydrogens is 236 g/mol. The first kappa shape index (κ1) is 13.9. The van der Waals surface area contributed by atoms with Gasteiger partial charge in [-0.25, -0.2) is 9.97 Å². The first-order chi connectivity index (χ1) is 8.54. The summed E-state index contributed by atoms with van der Waals surface area (Å²) >= 11 is 0. The van der Waals surface area contributed by atoms with Crippen LogP contribution in [-0.2, 0) is 14.3 Å². The summed E-state index contributed by atoms with van der Waals surface area (Å²) in [7, 11) is 4.53. The Hall–Kier alpha value is -2.18. The molecular formula is C11H16N4O3. The standard InChI is InChI=1S/C11H16N4O3/c1-14(8-10(17)18-3)9(16)7-15(2)11-12-5-4-6-13-11/h4-6H,7-8H2,1-3H3. The van der Waals surface area contributed by atoms with Gasteiger partial charge >= 0.3 is 5.97 Å². The van der Waals surface area contributed by atoms with Gasteiger partial charge in [0.05, 0.1) is 13.7 Å². The Kier molecular flexibility index (Phi) is 5.04. The number of esters is 1. The molecule has 1 heterocycles. The van der Waals surface area contributed by atoms with Crippen molar-refractivity contribution in [1.29, 1.82) is 0 Å². The Morgan fingerprint density at radius 2 is 1.83 bits per heavy atom. The molecule has 0 aliphatic heterocycles. The minimum atomic E-state index is -0.454. The van der Waals surface area contributed by atoms with E-state index in [2.05, 4.69) is 14.7 Å². The van der Waals surface area contributed by atoms with Gasteiger partial charge in [-0.15, -0.1) is 0 Å². The molecule has 0 bridgehead atoms. The minimum absolute atomic E-state index is 0.0706. The first-order valence-corrected chi connectivity index (χ1v) is 5.33. The summed E-state index contributed by atoms with van der Waals surface area (Å²) in [5, 5.41) is 0. The summed E-state index contributed by atoms with van der Waals surface area (Å²) in [5.74, 6) is -0.211. The maximum absolute atomic E-state index is 11.8. The molecule has 7 nitrogen and oxygen atoms in total. The second-order valence-corrected chi connectivity index (χ2v) is 3.73. The average molecular weight is 252 g/mol. The van der Waals surface area contributed by atoms with Crippen LogP contribution in [0.1, 0.15) is 0 Å². The summed E-state index contributed by atoms with van der Waals surface area (Å²) in [5.41, 5.74) is 0. The molecule has 18 heavy (non-hydrogen) atoms. The normalized spacial score (nSPS) is 9.72. The van der Waals surface area contributed by atoms with E-state index >= 15 is 0 Å². The Bertz CT molecular complexity index is 410. The molecule has 0 saturated heterocycles. The van der Waals surface area contributed by atoms with Gasteiger partial charge in [-0.3, -0.25) is 9.59 Å². The van der Waals surface area contributed by atoms with Crippen molar-refractivity contribution < 1.29 is 14.3 Å². The fourth-order valence-electron chi connectivity index (χ4n) is 1.23. The topological polar surface area (TPSA) is 75.6 Å². The molecule has 98 valence electrons. The Morgan fingerprint density at radius 1 is 1.22 bits per heavy atom. The average Bonchev–Trinajstić information content (AvgIpc) is 2.39. The highest BCUT2D eigenvalue weighted by molar-refractivity contribution is 5.84. The third-order valence-corrected chi connectivity index (χ3v) is 2.29. The lowest BCUT2D eigenvalue weighted by Crippen LogP contribution is -2.40. The summed E-state index contributed by atoms with van der Waals surface area (Å²) in [6.45, 7) is 0.0241. The van der Waals surface area contributed by atoms with Gasteiger partial charge in [0.25, 0.3) is 0 Å². The molecule has 0 fully saturated rings. The van der Waals surface area contributed by atoms with E-state index in [1.165, 1.54) is 12.0 Å². The number of rotatable bonds is 5. The number of carbonyl (C=O) groups excluding carboxylic acids is 2. The van der Waals surface area contributed by atoms with Crippen LogP contribution in [-0.4, -0.2) is 61.0 Å². The van der Waals surface area contributed by atoms with Gasteiger partial charge in [0.15, 0.2) is 0 Å². The predicted octanol–water partition coefficient (Wildman–Crippen LogP) is -0.456. The van der Waals surface area contributed by atoms with Gasteiger partial charge in [-0.2, -0.15) is 0 Å². The fraction of sp³-hybridized carbons (Fsp3) is 0.455. The van der Waals surface area contributed by atoms with Gasteiger partial charge in [-0.05, 0) is 6.07 Å². The van der Waals surface area contributed by atoms with Crippen LogP contribution in [0.2, 0.25) is 0 Å². The summed E-state index contributed by atoms with van der Waals surface area (Å²) in [6, 6.07) is 1.70. The number of methoxy groups -OCH3 is 1. The summed E-state index contributed by atoms with van der Waals surface area (Å²) in [6.07, 6.45) is 3.20. The van der Waals surface area contributed by atoms with Gasteiger partial charge in [0, 0.05) is 26.5 Å². The molecule has 0 unspecified atom stereocenters. The third-order valence-electron chi connectivity index (χ3n) is 2.29. The Balaban J connectivity index is 2.52. The lowest BCUT2D eigenvalue weighted by Gasteiger charge is -2.20. The highest BCUT2D eigenvalue weighted by Gasteiger charge is 2.16. The number of hydrogen-bond acceptors (Lipinski definition) is 6. The highest BCUT2D eigenvalue weighted by atomic mass is 16.5. The molecule has 0 saturated carbocycles. The zero-order valence-electron chi connectivity index (χ0n) is 10.7. The van der Waals surface area contributed by atoms with Crippen molar-refractivity contribution >= 4 is 17.8 Å². The van der Waals surface area contributed by atoms with E-state index in [1.54, 1.807) is 37.5 Å². The van der Waals surface area contributed by atoms with Crippen LogP contribution in [0.3, 0.4) is 0 Å². The van der Waals surface area contributed by atoms with Crippen LogP contribution in [0.5, 0.6) is 0 Å². The number of carbonyl (C=O) groups is 2. The Morgan fingerprint density at radius 3 is 2.39 bits per heavy atom. The number of anilines is 1. The molecule has 0 radical (unpaired) electrons. The minimum Gasteiger partial charge on any atom is -0.468 e. The monoisotopic (exact) mass is 252 g/mol. The quantitative estimate of drug-likeness (QED) is 0.660. The summed E-state index contributed by atoms with van der Waals surface area (Å²) in [4.78, 5) is 33.8. The van der Waals surface area contributed by atoms with Crippen LogP contribution in [0.15, 0.2) is 18.5 Å². The molecule has 1 aromatic rings. The van der Waals surface area contributed by atoms with E-state index < -0.39 is 5.97 Å². The zero-order chi connectivity index (χ0) is 13.5. The van der Waals surface area contributed by atoms with E-state index in [0.29, 0.717) is 5.95 Å². The maximum Gasteiger partial charge on any atom is 0.325 e. The number of ether oxygens (including phenoxy) is 1. The predicted molar refractivity (Wildman–Crippen MR) is 65.0 cm³/mol. The molecule has 0 atom stereocenters. The molecule has 0 aromatic carbocycles. The van der Waals surface area contributed by atoms with Gasteiger partial charge in [-0.1, -0.05) is 0 Å². The number of aromatic nitrogens is 2. The van der Waals surface area contributed by atoms with E-state index in [9.17, 15) is 9.59 Å². The summed E-state index contributed by atoms with van der Waals surface area (Å²) < 4.78 is 4.49. The van der Waals surface area contributed by atoms with Crippen LogP contribution in [0.4, 0.5) is 5.95 Å². The van der Waals surface area contributed by atoms with Crippen LogP contribution < -0.4 is 4.90 Å². The molecule has 0 aliphatic rings. The largest absolute Gasteiger partial charge is 0.468 e. The molecule has 0 aliphatic carbocycles. The molecule has 7 heteroatoms. The van der Waals surface area contributed by atoms with Gasteiger partial charge < -0.3 is 14.5 Å². The highest BCUT2D eigenvalue weighted by Crippen LogP contribution is 2.02. The molecule has 1 rings (SSSR count). The maximum atomic E-state index is 11.8. The third kappa shape index (κ3) is 4.00. The van der Waals surface area contributed by atoms with Crippen molar-refractivity contribution in [3.8, 4) is 0 Å². The number of hydrogen-bond donors (Lipinski definition) is 0. The fourth-order valence-corrected chi connectivity index (χ4v) is 1.23. The number of amides is 1. The second kappa shape index (κ2) is 6.53. The zero-order valence-corrected chi connectivity index (χ0v) is 10.7. The molecule has 1 amide bonds.